The second kappa shape index (κ2) is 10.2. The lowest BCUT2D eigenvalue weighted by Gasteiger charge is -2.17. The third-order valence-electron chi connectivity index (χ3n) is 4.18. The Hall–Kier alpha value is -3.66. The maximum Gasteiger partial charge on any atom is 0.311 e. The highest BCUT2D eigenvalue weighted by Gasteiger charge is 2.19. The van der Waals surface area contributed by atoms with Crippen molar-refractivity contribution >= 4 is 28.9 Å². The van der Waals surface area contributed by atoms with Crippen LogP contribution in [0.1, 0.15) is 5.56 Å². The minimum absolute atomic E-state index is 0.00675. The summed E-state index contributed by atoms with van der Waals surface area (Å²) in [7, 11) is 4.49. The van der Waals surface area contributed by atoms with E-state index < -0.39 is 4.92 Å². The smallest absolute Gasteiger partial charge is 0.311 e. The van der Waals surface area contributed by atoms with E-state index in [-0.39, 0.29) is 36.3 Å². The first-order chi connectivity index (χ1) is 14.2. The van der Waals surface area contributed by atoms with Crippen LogP contribution in [0.3, 0.4) is 0 Å². The lowest BCUT2D eigenvalue weighted by molar-refractivity contribution is -0.385. The molecule has 0 saturated carbocycles. The number of nitro benzene ring substituents is 1. The molecule has 10 nitrogen and oxygen atoms in total. The molecule has 2 N–H and O–H groups in total. The molecule has 0 bridgehead atoms. The Labute approximate surface area is 173 Å². The summed E-state index contributed by atoms with van der Waals surface area (Å²) in [4.78, 5) is 36.6. The largest absolute Gasteiger partial charge is 0.497 e. The maximum absolute atomic E-state index is 12.3. The normalized spacial score (nSPS) is 10.4. The highest BCUT2D eigenvalue weighted by molar-refractivity contribution is 5.95. The Morgan fingerprint density at radius 1 is 1.07 bits per heavy atom. The van der Waals surface area contributed by atoms with Crippen molar-refractivity contribution in [2.75, 3.05) is 45.0 Å². The number of aryl methyl sites for hydroxylation is 1. The Morgan fingerprint density at radius 3 is 2.33 bits per heavy atom. The van der Waals surface area contributed by atoms with E-state index in [4.69, 9.17) is 9.47 Å². The molecular weight excluding hydrogens is 392 g/mol. The molecule has 2 aromatic carbocycles. The molecule has 2 amide bonds. The summed E-state index contributed by atoms with van der Waals surface area (Å²) in [5, 5.41) is 16.5. The Kier molecular flexibility index (Phi) is 7.70. The quantitative estimate of drug-likeness (QED) is 0.475. The summed E-state index contributed by atoms with van der Waals surface area (Å²) in [6, 6.07) is 9.68. The van der Waals surface area contributed by atoms with Gasteiger partial charge in [-0.2, -0.15) is 0 Å². The predicted octanol–water partition coefficient (Wildman–Crippen LogP) is 2.43. The first-order valence-electron chi connectivity index (χ1n) is 8.98. The van der Waals surface area contributed by atoms with Crippen molar-refractivity contribution in [2.24, 2.45) is 0 Å². The SMILES string of the molecule is COc1cccc(NC(=O)CN(C)CC(=O)Nc2cc(OC)c([N+](=O)[O-])cc2C)c1. The van der Waals surface area contributed by atoms with E-state index in [1.807, 2.05) is 0 Å². The van der Waals surface area contributed by atoms with Crippen molar-refractivity contribution in [3.63, 3.8) is 0 Å². The minimum Gasteiger partial charge on any atom is -0.497 e. The zero-order valence-corrected chi connectivity index (χ0v) is 17.2. The van der Waals surface area contributed by atoms with Gasteiger partial charge in [0.2, 0.25) is 11.8 Å². The number of amides is 2. The highest BCUT2D eigenvalue weighted by atomic mass is 16.6. The molecule has 0 aliphatic carbocycles. The maximum atomic E-state index is 12.3. The van der Waals surface area contributed by atoms with Crippen LogP contribution in [0.25, 0.3) is 0 Å². The number of likely N-dealkylation sites (N-methyl/N-ethyl adjacent to an activating group) is 1. The lowest BCUT2D eigenvalue weighted by atomic mass is 10.1. The van der Waals surface area contributed by atoms with Gasteiger partial charge in [0, 0.05) is 29.6 Å². The Bertz CT molecular complexity index is 947. The van der Waals surface area contributed by atoms with Crippen LogP contribution in [-0.4, -0.2) is 56.0 Å². The van der Waals surface area contributed by atoms with Gasteiger partial charge in [-0.25, -0.2) is 0 Å². The standard InChI is InChI=1S/C20H24N4O6/c1-13-8-17(24(27)28)18(30-4)10-16(13)22-20(26)12-23(2)11-19(25)21-14-6-5-7-15(9-14)29-3/h5-10H,11-12H2,1-4H3,(H,21,25)(H,22,26). The van der Waals surface area contributed by atoms with Crippen molar-refractivity contribution in [3.8, 4) is 11.5 Å². The molecule has 0 aliphatic rings. The topological polar surface area (TPSA) is 123 Å². The summed E-state index contributed by atoms with van der Waals surface area (Å²) >= 11 is 0. The van der Waals surface area contributed by atoms with E-state index in [0.29, 0.717) is 22.7 Å². The van der Waals surface area contributed by atoms with Gasteiger partial charge in [0.1, 0.15) is 5.75 Å². The van der Waals surface area contributed by atoms with Crippen LogP contribution in [0.4, 0.5) is 17.1 Å². The average molecular weight is 416 g/mol. The van der Waals surface area contributed by atoms with Crippen molar-refractivity contribution in [1.82, 2.24) is 4.90 Å². The van der Waals surface area contributed by atoms with Gasteiger partial charge in [0.25, 0.3) is 0 Å². The minimum atomic E-state index is -0.549. The van der Waals surface area contributed by atoms with Gasteiger partial charge in [0.15, 0.2) is 5.75 Å². The molecule has 2 aromatic rings. The number of nitrogens with one attached hydrogen (secondary N) is 2. The first kappa shape index (κ1) is 22.6. The van der Waals surface area contributed by atoms with Crippen molar-refractivity contribution in [2.45, 2.75) is 6.92 Å². The summed E-state index contributed by atoms with van der Waals surface area (Å²) in [6.07, 6.45) is 0. The van der Waals surface area contributed by atoms with Gasteiger partial charge in [-0.1, -0.05) is 6.07 Å². The van der Waals surface area contributed by atoms with E-state index in [1.54, 1.807) is 43.1 Å². The number of carbonyl (C=O) groups is 2. The molecule has 0 spiro atoms. The van der Waals surface area contributed by atoms with Crippen LogP contribution in [0.15, 0.2) is 36.4 Å². The Balaban J connectivity index is 1.94. The van der Waals surface area contributed by atoms with Crippen LogP contribution in [-0.2, 0) is 9.59 Å². The fourth-order valence-electron chi connectivity index (χ4n) is 2.75. The van der Waals surface area contributed by atoms with Gasteiger partial charge in [-0.05, 0) is 31.7 Å². The molecule has 0 radical (unpaired) electrons. The molecule has 0 aliphatic heterocycles. The number of nitrogens with zero attached hydrogens (tertiary/aromatic N) is 2. The van der Waals surface area contributed by atoms with E-state index in [9.17, 15) is 19.7 Å². The van der Waals surface area contributed by atoms with Crippen LogP contribution in [0, 0.1) is 17.0 Å². The van der Waals surface area contributed by atoms with Crippen molar-refractivity contribution in [1.29, 1.82) is 0 Å². The molecule has 160 valence electrons. The number of nitro groups is 1. The molecule has 10 heteroatoms. The van der Waals surface area contributed by atoms with Gasteiger partial charge >= 0.3 is 5.69 Å². The molecule has 0 atom stereocenters. The molecule has 0 fully saturated rings. The van der Waals surface area contributed by atoms with Gasteiger partial charge < -0.3 is 20.1 Å². The highest BCUT2D eigenvalue weighted by Crippen LogP contribution is 2.32. The number of carbonyl (C=O) groups excluding carboxylic acids is 2. The number of methoxy groups -OCH3 is 2. The molecule has 2 rings (SSSR count). The molecule has 0 heterocycles. The van der Waals surface area contributed by atoms with Crippen LogP contribution < -0.4 is 20.1 Å². The van der Waals surface area contributed by atoms with Gasteiger partial charge in [-0.15, -0.1) is 0 Å². The second-order valence-corrected chi connectivity index (χ2v) is 6.60. The van der Waals surface area contributed by atoms with Crippen LogP contribution in [0.2, 0.25) is 0 Å². The zero-order valence-electron chi connectivity index (χ0n) is 17.2. The predicted molar refractivity (Wildman–Crippen MR) is 112 cm³/mol. The first-order valence-corrected chi connectivity index (χ1v) is 8.98. The third kappa shape index (κ3) is 6.17. The average Bonchev–Trinajstić information content (AvgIpc) is 2.68. The number of benzene rings is 2. The molecule has 0 unspecified atom stereocenters. The monoisotopic (exact) mass is 416 g/mol. The van der Waals surface area contributed by atoms with E-state index in [0.717, 1.165) is 0 Å². The second-order valence-electron chi connectivity index (χ2n) is 6.60. The molecule has 0 aromatic heterocycles. The van der Waals surface area contributed by atoms with E-state index in [2.05, 4.69) is 10.6 Å². The molecule has 0 saturated heterocycles. The summed E-state index contributed by atoms with van der Waals surface area (Å²) in [5.74, 6) is 0.0128. The van der Waals surface area contributed by atoms with Gasteiger partial charge in [-0.3, -0.25) is 24.6 Å². The Morgan fingerprint density at radius 2 is 1.73 bits per heavy atom. The zero-order chi connectivity index (χ0) is 22.3. The fraction of sp³-hybridized carbons (Fsp3) is 0.300. The van der Waals surface area contributed by atoms with Crippen molar-refractivity contribution in [3.05, 3.63) is 52.1 Å². The fourth-order valence-corrected chi connectivity index (χ4v) is 2.75. The number of rotatable bonds is 9. The van der Waals surface area contributed by atoms with E-state index in [1.165, 1.54) is 26.4 Å². The van der Waals surface area contributed by atoms with Gasteiger partial charge in [0.05, 0.1) is 32.2 Å². The van der Waals surface area contributed by atoms with Crippen molar-refractivity contribution < 1.29 is 24.0 Å². The third-order valence-corrected chi connectivity index (χ3v) is 4.18. The summed E-state index contributed by atoms with van der Waals surface area (Å²) < 4.78 is 10.1. The number of hydrogen-bond donors (Lipinski definition) is 2. The number of anilines is 2. The number of hydrogen-bond acceptors (Lipinski definition) is 7. The summed E-state index contributed by atoms with van der Waals surface area (Å²) in [5.41, 5.74) is 1.33. The molecule has 30 heavy (non-hydrogen) atoms. The van der Waals surface area contributed by atoms with Crippen LogP contribution in [0.5, 0.6) is 11.5 Å². The van der Waals surface area contributed by atoms with E-state index >= 15 is 0 Å². The number of ether oxygens (including phenoxy) is 2. The molecular formula is C20H24N4O6. The lowest BCUT2D eigenvalue weighted by Crippen LogP contribution is -2.36. The van der Waals surface area contributed by atoms with Crippen LogP contribution >= 0.6 is 0 Å². The summed E-state index contributed by atoms with van der Waals surface area (Å²) in [6.45, 7) is 1.59.